The average Bonchev–Trinajstić information content (AvgIpc) is 2.84. The van der Waals surface area contributed by atoms with Crippen LogP contribution >= 0.6 is 22.9 Å². The van der Waals surface area contributed by atoms with E-state index in [2.05, 4.69) is 38.3 Å². The van der Waals surface area contributed by atoms with E-state index in [1.54, 1.807) is 24.3 Å². The Morgan fingerprint density at radius 1 is 1.23 bits per heavy atom. The van der Waals surface area contributed by atoms with Crippen LogP contribution < -0.4 is 16.4 Å². The Morgan fingerprint density at radius 2 is 1.88 bits per heavy atom. The van der Waals surface area contributed by atoms with E-state index in [0.717, 1.165) is 10.4 Å². The summed E-state index contributed by atoms with van der Waals surface area (Å²) in [4.78, 5) is 25.9. The lowest BCUT2D eigenvalue weighted by atomic mass is 9.81. The van der Waals surface area contributed by atoms with Gasteiger partial charge in [0.2, 0.25) is 0 Å². The zero-order chi connectivity index (χ0) is 19.3. The van der Waals surface area contributed by atoms with Gasteiger partial charge in [0.25, 0.3) is 11.8 Å². The van der Waals surface area contributed by atoms with Crippen molar-refractivity contribution in [3.63, 3.8) is 0 Å². The molecule has 0 atom stereocenters. The molecule has 2 amide bonds. The molecule has 0 unspecified atom stereocenters. The van der Waals surface area contributed by atoms with E-state index >= 15 is 0 Å². The summed E-state index contributed by atoms with van der Waals surface area (Å²) in [7, 11) is 0. The third-order valence-corrected chi connectivity index (χ3v) is 6.24. The molecule has 7 heteroatoms. The molecule has 0 bridgehead atoms. The molecule has 0 fully saturated rings. The number of nitrogens with one attached hydrogen (secondary N) is 2. The Balaban J connectivity index is 2.07. The molecule has 0 saturated carbocycles. The fourth-order valence-corrected chi connectivity index (χ4v) is 5.19. The Bertz CT molecular complexity index is 902. The second-order valence-corrected chi connectivity index (χ2v) is 9.15. The highest BCUT2D eigenvalue weighted by Gasteiger charge is 2.41. The predicted octanol–water partition coefficient (Wildman–Crippen LogP) is 3.91. The number of hydrogen-bond acceptors (Lipinski definition) is 4. The van der Waals surface area contributed by atoms with Crippen LogP contribution in [0.4, 0.5) is 5.00 Å². The number of primary amides is 1. The normalized spacial score (nSPS) is 17.4. The minimum absolute atomic E-state index is 0.189. The first-order valence-electron chi connectivity index (χ1n) is 8.33. The van der Waals surface area contributed by atoms with E-state index in [9.17, 15) is 9.59 Å². The number of carbonyl (C=O) groups is 2. The number of carbonyl (C=O) groups excluding carboxylic acids is 2. The van der Waals surface area contributed by atoms with Crippen molar-refractivity contribution in [3.05, 3.63) is 50.9 Å². The van der Waals surface area contributed by atoms with Crippen LogP contribution in [0, 0.1) is 0 Å². The number of nitrogens with two attached hydrogens (primary N) is 1. The predicted molar refractivity (Wildman–Crippen MR) is 106 cm³/mol. The van der Waals surface area contributed by atoms with Crippen molar-refractivity contribution in [3.8, 4) is 0 Å². The topological polar surface area (TPSA) is 84.2 Å². The van der Waals surface area contributed by atoms with Crippen molar-refractivity contribution in [1.82, 2.24) is 5.32 Å². The Labute approximate surface area is 161 Å². The first-order chi connectivity index (χ1) is 12.0. The van der Waals surface area contributed by atoms with Crippen molar-refractivity contribution < 1.29 is 9.59 Å². The quantitative estimate of drug-likeness (QED) is 0.741. The molecule has 3 rings (SSSR count). The number of rotatable bonds is 3. The highest BCUT2D eigenvalue weighted by molar-refractivity contribution is 7.17. The van der Waals surface area contributed by atoms with Crippen molar-refractivity contribution in [2.45, 2.75) is 45.2 Å². The summed E-state index contributed by atoms with van der Waals surface area (Å²) in [5.41, 5.74) is 6.81. The molecule has 4 N–H and O–H groups in total. The van der Waals surface area contributed by atoms with Crippen LogP contribution in [0.3, 0.4) is 0 Å². The number of fused-ring (bicyclic) bond motifs is 1. The molecule has 138 valence electrons. The van der Waals surface area contributed by atoms with Crippen LogP contribution in [0.1, 0.15) is 58.9 Å². The Hall–Kier alpha value is -1.89. The van der Waals surface area contributed by atoms with Gasteiger partial charge < -0.3 is 16.4 Å². The van der Waals surface area contributed by atoms with Gasteiger partial charge in [0.15, 0.2) is 0 Å². The minimum Gasteiger partial charge on any atom is -0.365 e. The first kappa shape index (κ1) is 18.9. The van der Waals surface area contributed by atoms with E-state index in [4.69, 9.17) is 17.3 Å². The molecule has 2 aromatic rings. The van der Waals surface area contributed by atoms with E-state index < -0.39 is 5.91 Å². The summed E-state index contributed by atoms with van der Waals surface area (Å²) in [6.45, 7) is 8.30. The second-order valence-electron chi connectivity index (χ2n) is 7.72. The van der Waals surface area contributed by atoms with E-state index in [1.807, 2.05) is 0 Å². The number of halogens is 1. The molecule has 1 aromatic carbocycles. The molecule has 26 heavy (non-hydrogen) atoms. The number of benzene rings is 1. The molecule has 0 saturated heterocycles. The molecule has 1 aliphatic rings. The second kappa shape index (κ2) is 6.37. The summed E-state index contributed by atoms with van der Waals surface area (Å²) in [5, 5.41) is 7.25. The van der Waals surface area contributed by atoms with E-state index in [-0.39, 0.29) is 17.0 Å². The smallest absolute Gasteiger partial charge is 0.257 e. The summed E-state index contributed by atoms with van der Waals surface area (Å²) in [6.07, 6.45) is 0.655. The van der Waals surface area contributed by atoms with Crippen molar-refractivity contribution in [2.24, 2.45) is 5.73 Å². The van der Waals surface area contributed by atoms with Crippen LogP contribution in [0.5, 0.6) is 0 Å². The van der Waals surface area contributed by atoms with Crippen LogP contribution in [-0.4, -0.2) is 17.4 Å². The molecule has 0 spiro atoms. The van der Waals surface area contributed by atoms with Gasteiger partial charge in [-0.25, -0.2) is 0 Å². The van der Waals surface area contributed by atoms with Crippen LogP contribution in [-0.2, 0) is 12.0 Å². The van der Waals surface area contributed by atoms with Gasteiger partial charge in [-0.05, 0) is 51.8 Å². The van der Waals surface area contributed by atoms with E-state index in [1.165, 1.54) is 11.3 Å². The van der Waals surface area contributed by atoms with Crippen molar-refractivity contribution in [1.29, 1.82) is 0 Å². The van der Waals surface area contributed by atoms with Crippen LogP contribution in [0.25, 0.3) is 0 Å². The number of hydrogen-bond donors (Lipinski definition) is 3. The fraction of sp³-hybridized carbons (Fsp3) is 0.368. The lowest BCUT2D eigenvalue weighted by Crippen LogP contribution is -2.55. The van der Waals surface area contributed by atoms with Gasteiger partial charge in [-0.3, -0.25) is 9.59 Å². The highest BCUT2D eigenvalue weighted by Crippen LogP contribution is 2.45. The average molecular weight is 392 g/mol. The molecule has 1 aromatic heterocycles. The summed E-state index contributed by atoms with van der Waals surface area (Å²) in [5.74, 6) is -0.896. The molecule has 0 aliphatic carbocycles. The van der Waals surface area contributed by atoms with Gasteiger partial charge in [0, 0.05) is 16.0 Å². The third kappa shape index (κ3) is 3.37. The van der Waals surface area contributed by atoms with Gasteiger partial charge >= 0.3 is 0 Å². The molecule has 0 radical (unpaired) electrons. The van der Waals surface area contributed by atoms with Gasteiger partial charge in [-0.2, -0.15) is 0 Å². The van der Waals surface area contributed by atoms with Crippen molar-refractivity contribution in [2.75, 3.05) is 5.32 Å². The number of amides is 2. The molecule has 2 heterocycles. The largest absolute Gasteiger partial charge is 0.365 e. The highest BCUT2D eigenvalue weighted by atomic mass is 35.5. The zero-order valence-corrected chi connectivity index (χ0v) is 16.8. The van der Waals surface area contributed by atoms with Crippen molar-refractivity contribution >= 4 is 39.8 Å². The Kier molecular flexibility index (Phi) is 4.63. The van der Waals surface area contributed by atoms with Crippen LogP contribution in [0.15, 0.2) is 24.3 Å². The Morgan fingerprint density at radius 3 is 2.50 bits per heavy atom. The standard InChI is InChI=1S/C19H22ClN3O2S/c1-18(2)9-11-13(15(21)24)17(26-14(11)19(3,4)23-18)22-16(25)10-7-5-6-8-12(10)20/h5-8,23H,9H2,1-4H3,(H2,21,24)(H,22,25). The van der Waals surface area contributed by atoms with Crippen LogP contribution in [0.2, 0.25) is 5.02 Å². The monoisotopic (exact) mass is 391 g/mol. The van der Waals surface area contributed by atoms with Gasteiger partial charge in [-0.15, -0.1) is 11.3 Å². The summed E-state index contributed by atoms with van der Waals surface area (Å²) in [6, 6.07) is 6.79. The number of thiophene rings is 1. The zero-order valence-electron chi connectivity index (χ0n) is 15.2. The van der Waals surface area contributed by atoms with Gasteiger partial charge in [0.1, 0.15) is 5.00 Å². The maximum atomic E-state index is 12.7. The molecular formula is C19H22ClN3O2S. The minimum atomic E-state index is -0.537. The lowest BCUT2D eigenvalue weighted by Gasteiger charge is -2.42. The lowest BCUT2D eigenvalue weighted by molar-refractivity contribution is 0.0999. The maximum absolute atomic E-state index is 12.7. The third-order valence-electron chi connectivity index (χ3n) is 4.44. The molecule has 5 nitrogen and oxygen atoms in total. The number of anilines is 1. The maximum Gasteiger partial charge on any atom is 0.257 e. The molecule has 1 aliphatic heterocycles. The summed E-state index contributed by atoms with van der Waals surface area (Å²) < 4.78 is 0. The fourth-order valence-electron chi connectivity index (χ4n) is 3.69. The SMILES string of the molecule is CC1(C)Cc2c(sc(NC(=O)c3ccccc3Cl)c2C(N)=O)C(C)(C)N1. The van der Waals surface area contributed by atoms with Gasteiger partial charge in [-0.1, -0.05) is 23.7 Å². The molecular weight excluding hydrogens is 370 g/mol. The van der Waals surface area contributed by atoms with Gasteiger partial charge in [0.05, 0.1) is 16.1 Å². The first-order valence-corrected chi connectivity index (χ1v) is 9.52. The summed E-state index contributed by atoms with van der Waals surface area (Å²) >= 11 is 7.50. The van der Waals surface area contributed by atoms with E-state index in [0.29, 0.717) is 27.6 Å².